The zero-order chi connectivity index (χ0) is 7.40. The van der Waals surface area contributed by atoms with Gasteiger partial charge in [-0.15, -0.1) is 0 Å². The second kappa shape index (κ2) is 3.58. The molecule has 10 heavy (non-hydrogen) atoms. The first-order chi connectivity index (χ1) is 4.86. The first-order valence-corrected chi connectivity index (χ1v) is 3.79. The zero-order valence-electron chi connectivity index (χ0n) is 6.34. The zero-order valence-corrected chi connectivity index (χ0v) is 6.34. The molecule has 0 aromatic rings. The van der Waals surface area contributed by atoms with Gasteiger partial charge in [-0.3, -0.25) is 0 Å². The van der Waals surface area contributed by atoms with Gasteiger partial charge in [0.1, 0.15) is 6.10 Å². The van der Waals surface area contributed by atoms with Crippen molar-refractivity contribution in [2.45, 2.75) is 31.8 Å². The number of rotatable bonds is 4. The maximum absolute atomic E-state index is 8.48. The van der Waals surface area contributed by atoms with Crippen LogP contribution in [0.4, 0.5) is 0 Å². The van der Waals surface area contributed by atoms with E-state index in [4.69, 9.17) is 10.00 Å². The number of nitriles is 1. The van der Waals surface area contributed by atoms with E-state index in [2.05, 4.69) is 6.07 Å². The normalized spacial score (nSPS) is 20.0. The second-order valence-corrected chi connectivity index (χ2v) is 2.87. The average molecular weight is 139 g/mol. The Bertz CT molecular complexity index is 135. The molecule has 0 heterocycles. The summed E-state index contributed by atoms with van der Waals surface area (Å²) >= 11 is 0. The number of hydrogen-bond acceptors (Lipinski definition) is 2. The highest BCUT2D eigenvalue weighted by Crippen LogP contribution is 2.33. The molecule has 0 bridgehead atoms. The molecule has 1 fully saturated rings. The molecule has 56 valence electrons. The number of methoxy groups -OCH3 is 1. The molecule has 0 aromatic heterocycles. The van der Waals surface area contributed by atoms with E-state index >= 15 is 0 Å². The van der Waals surface area contributed by atoms with Crippen LogP contribution in [0, 0.1) is 17.2 Å². The van der Waals surface area contributed by atoms with Crippen molar-refractivity contribution in [1.82, 2.24) is 0 Å². The summed E-state index contributed by atoms with van der Waals surface area (Å²) in [6, 6.07) is 2.11. The van der Waals surface area contributed by atoms with Crippen molar-refractivity contribution in [3.8, 4) is 6.07 Å². The molecule has 0 N–H and O–H groups in total. The first-order valence-electron chi connectivity index (χ1n) is 3.79. The van der Waals surface area contributed by atoms with Gasteiger partial charge in [0.25, 0.3) is 0 Å². The molecule has 2 heteroatoms. The third-order valence-electron chi connectivity index (χ3n) is 1.96. The summed E-state index contributed by atoms with van der Waals surface area (Å²) in [5.41, 5.74) is 0. The Morgan fingerprint density at radius 1 is 1.70 bits per heavy atom. The molecular formula is C8H13NO. The summed E-state index contributed by atoms with van der Waals surface area (Å²) in [5, 5.41) is 8.48. The van der Waals surface area contributed by atoms with Crippen LogP contribution >= 0.6 is 0 Å². The van der Waals surface area contributed by atoms with Gasteiger partial charge in [0.05, 0.1) is 6.07 Å². The fourth-order valence-electron chi connectivity index (χ4n) is 1.03. The molecular weight excluding hydrogens is 126 g/mol. The van der Waals surface area contributed by atoms with E-state index < -0.39 is 0 Å². The summed E-state index contributed by atoms with van der Waals surface area (Å²) in [7, 11) is 1.60. The molecule has 1 aliphatic carbocycles. The summed E-state index contributed by atoms with van der Waals surface area (Å²) in [5.74, 6) is 0.908. The summed E-state index contributed by atoms with van der Waals surface area (Å²) in [4.78, 5) is 0. The molecule has 1 aliphatic rings. The summed E-state index contributed by atoms with van der Waals surface area (Å²) in [6.45, 7) is 0. The van der Waals surface area contributed by atoms with Crippen molar-refractivity contribution in [2.24, 2.45) is 5.92 Å². The van der Waals surface area contributed by atoms with E-state index in [0.29, 0.717) is 0 Å². The van der Waals surface area contributed by atoms with Gasteiger partial charge in [-0.2, -0.15) is 5.26 Å². The molecule has 1 saturated carbocycles. The predicted molar refractivity (Wildman–Crippen MR) is 38.4 cm³/mol. The fraction of sp³-hybridized carbons (Fsp3) is 0.875. The maximum Gasteiger partial charge on any atom is 0.143 e. The van der Waals surface area contributed by atoms with Gasteiger partial charge in [-0.25, -0.2) is 0 Å². The van der Waals surface area contributed by atoms with E-state index in [1.807, 2.05) is 0 Å². The summed E-state index contributed by atoms with van der Waals surface area (Å²) in [6.07, 6.45) is 4.65. The van der Waals surface area contributed by atoms with E-state index in [9.17, 15) is 0 Å². The standard InChI is InChI=1S/C8H13NO/c1-10-8(6-9)5-4-7-2-3-7/h7-8H,2-5H2,1H3. The van der Waals surface area contributed by atoms with Crippen LogP contribution in [-0.4, -0.2) is 13.2 Å². The third kappa shape index (κ3) is 2.36. The van der Waals surface area contributed by atoms with E-state index in [-0.39, 0.29) is 6.10 Å². The van der Waals surface area contributed by atoms with Crippen LogP contribution in [0.1, 0.15) is 25.7 Å². The highest BCUT2D eigenvalue weighted by molar-refractivity contribution is 4.85. The highest BCUT2D eigenvalue weighted by Gasteiger charge is 2.22. The minimum absolute atomic E-state index is 0.166. The lowest BCUT2D eigenvalue weighted by atomic mass is 10.1. The van der Waals surface area contributed by atoms with Crippen LogP contribution in [0.5, 0.6) is 0 Å². The molecule has 1 unspecified atom stereocenters. The molecule has 0 aliphatic heterocycles. The summed E-state index contributed by atoms with van der Waals surface area (Å²) < 4.78 is 4.92. The minimum Gasteiger partial charge on any atom is -0.367 e. The van der Waals surface area contributed by atoms with E-state index in [0.717, 1.165) is 12.3 Å². The third-order valence-corrected chi connectivity index (χ3v) is 1.96. The average Bonchev–Trinajstić information content (AvgIpc) is 2.74. The lowest BCUT2D eigenvalue weighted by Gasteiger charge is -2.04. The van der Waals surface area contributed by atoms with Crippen molar-refractivity contribution < 1.29 is 4.74 Å². The van der Waals surface area contributed by atoms with Gasteiger partial charge in [-0.1, -0.05) is 12.8 Å². The van der Waals surface area contributed by atoms with Crippen molar-refractivity contribution >= 4 is 0 Å². The number of ether oxygens (including phenoxy) is 1. The molecule has 1 atom stereocenters. The second-order valence-electron chi connectivity index (χ2n) is 2.87. The van der Waals surface area contributed by atoms with Crippen molar-refractivity contribution in [2.75, 3.05) is 7.11 Å². The quantitative estimate of drug-likeness (QED) is 0.594. The minimum atomic E-state index is -0.166. The van der Waals surface area contributed by atoms with Gasteiger partial charge < -0.3 is 4.74 Å². The van der Waals surface area contributed by atoms with Crippen LogP contribution in [-0.2, 0) is 4.74 Å². The Balaban J connectivity index is 2.04. The van der Waals surface area contributed by atoms with E-state index in [1.165, 1.54) is 19.3 Å². The van der Waals surface area contributed by atoms with Crippen molar-refractivity contribution in [3.63, 3.8) is 0 Å². The van der Waals surface area contributed by atoms with Crippen LogP contribution in [0.15, 0.2) is 0 Å². The Hall–Kier alpha value is -0.550. The molecule has 0 amide bonds. The Morgan fingerprint density at radius 2 is 2.40 bits per heavy atom. The lowest BCUT2D eigenvalue weighted by Crippen LogP contribution is -2.06. The SMILES string of the molecule is COC(C#N)CCC1CC1. The highest BCUT2D eigenvalue weighted by atomic mass is 16.5. The van der Waals surface area contributed by atoms with Crippen LogP contribution < -0.4 is 0 Å². The predicted octanol–water partition coefficient (Wildman–Crippen LogP) is 1.72. The topological polar surface area (TPSA) is 33.0 Å². The van der Waals surface area contributed by atoms with E-state index in [1.54, 1.807) is 7.11 Å². The Morgan fingerprint density at radius 3 is 2.80 bits per heavy atom. The number of nitrogens with zero attached hydrogens (tertiary/aromatic N) is 1. The molecule has 0 radical (unpaired) electrons. The van der Waals surface area contributed by atoms with Crippen LogP contribution in [0.25, 0.3) is 0 Å². The van der Waals surface area contributed by atoms with Gasteiger partial charge in [0.15, 0.2) is 0 Å². The van der Waals surface area contributed by atoms with Gasteiger partial charge in [-0.05, 0) is 18.8 Å². The lowest BCUT2D eigenvalue weighted by molar-refractivity contribution is 0.136. The molecule has 0 spiro atoms. The van der Waals surface area contributed by atoms with Crippen LogP contribution in [0.3, 0.4) is 0 Å². The Labute approximate surface area is 61.8 Å². The first kappa shape index (κ1) is 7.56. The monoisotopic (exact) mass is 139 g/mol. The smallest absolute Gasteiger partial charge is 0.143 e. The van der Waals surface area contributed by atoms with Gasteiger partial charge in [0.2, 0.25) is 0 Å². The fourth-order valence-corrected chi connectivity index (χ4v) is 1.03. The van der Waals surface area contributed by atoms with Crippen LogP contribution in [0.2, 0.25) is 0 Å². The van der Waals surface area contributed by atoms with Gasteiger partial charge >= 0.3 is 0 Å². The molecule has 0 saturated heterocycles. The van der Waals surface area contributed by atoms with Gasteiger partial charge in [0, 0.05) is 7.11 Å². The molecule has 2 nitrogen and oxygen atoms in total. The van der Waals surface area contributed by atoms with Crippen molar-refractivity contribution in [3.05, 3.63) is 0 Å². The van der Waals surface area contributed by atoms with Crippen molar-refractivity contribution in [1.29, 1.82) is 5.26 Å². The largest absolute Gasteiger partial charge is 0.367 e. The maximum atomic E-state index is 8.48. The molecule has 0 aromatic carbocycles. The Kier molecular flexibility index (Phi) is 2.70. The molecule has 1 rings (SSSR count). The number of hydrogen-bond donors (Lipinski definition) is 0.